The average molecular weight is 234 g/mol. The molecule has 0 aromatic heterocycles. The van der Waals surface area contributed by atoms with Crippen molar-refractivity contribution in [1.29, 1.82) is 0 Å². The van der Waals surface area contributed by atoms with Gasteiger partial charge < -0.3 is 14.9 Å². The van der Waals surface area contributed by atoms with Crippen LogP contribution in [-0.2, 0) is 6.54 Å². The minimum Gasteiger partial charge on any atom is -0.508 e. The number of rotatable bonds is 5. The summed E-state index contributed by atoms with van der Waals surface area (Å²) >= 11 is 0. The molecule has 17 heavy (non-hydrogen) atoms. The van der Waals surface area contributed by atoms with Gasteiger partial charge in [-0.2, -0.15) is 0 Å². The van der Waals surface area contributed by atoms with Gasteiger partial charge in [-0.15, -0.1) is 0 Å². The van der Waals surface area contributed by atoms with Crippen LogP contribution in [-0.4, -0.2) is 48.1 Å². The molecule has 1 aromatic carbocycles. The van der Waals surface area contributed by atoms with Crippen molar-refractivity contribution in [2.24, 2.45) is 0 Å². The molecule has 1 heterocycles. The first-order valence-electron chi connectivity index (χ1n) is 6.43. The molecule has 1 saturated heterocycles. The Labute approximate surface area is 104 Å². The SMILES string of the molecule is CN(CCN1CCCC1)Cc1cccc(O)c1. The Morgan fingerprint density at radius 1 is 1.29 bits per heavy atom. The maximum absolute atomic E-state index is 9.40. The molecule has 2 rings (SSSR count). The quantitative estimate of drug-likeness (QED) is 0.843. The van der Waals surface area contributed by atoms with Gasteiger partial charge in [-0.25, -0.2) is 0 Å². The van der Waals surface area contributed by atoms with Crippen LogP contribution in [0.1, 0.15) is 18.4 Å². The molecule has 0 spiro atoms. The fourth-order valence-corrected chi connectivity index (χ4v) is 2.36. The monoisotopic (exact) mass is 234 g/mol. The van der Waals surface area contributed by atoms with E-state index in [1.807, 2.05) is 12.1 Å². The molecule has 1 aromatic rings. The van der Waals surface area contributed by atoms with Gasteiger partial charge in [0.25, 0.3) is 0 Å². The molecule has 0 atom stereocenters. The summed E-state index contributed by atoms with van der Waals surface area (Å²) in [6, 6.07) is 7.52. The zero-order chi connectivity index (χ0) is 12.1. The summed E-state index contributed by atoms with van der Waals surface area (Å²) in [6.07, 6.45) is 2.71. The lowest BCUT2D eigenvalue weighted by Gasteiger charge is -2.21. The number of phenols is 1. The van der Waals surface area contributed by atoms with E-state index in [2.05, 4.69) is 22.9 Å². The van der Waals surface area contributed by atoms with Crippen molar-refractivity contribution in [3.63, 3.8) is 0 Å². The second kappa shape index (κ2) is 6.03. The van der Waals surface area contributed by atoms with E-state index in [0.717, 1.165) is 19.6 Å². The standard InChI is InChI=1S/C14H22N2O/c1-15(9-10-16-7-2-3-8-16)12-13-5-4-6-14(17)11-13/h4-6,11,17H,2-3,7-10,12H2,1H3. The van der Waals surface area contributed by atoms with Gasteiger partial charge in [-0.1, -0.05) is 12.1 Å². The van der Waals surface area contributed by atoms with E-state index in [-0.39, 0.29) is 0 Å². The first-order valence-corrected chi connectivity index (χ1v) is 6.43. The highest BCUT2D eigenvalue weighted by Gasteiger charge is 2.11. The van der Waals surface area contributed by atoms with E-state index >= 15 is 0 Å². The van der Waals surface area contributed by atoms with Crippen LogP contribution in [0.5, 0.6) is 5.75 Å². The maximum atomic E-state index is 9.40. The molecular weight excluding hydrogens is 212 g/mol. The molecule has 1 aliphatic heterocycles. The van der Waals surface area contributed by atoms with Gasteiger partial charge >= 0.3 is 0 Å². The van der Waals surface area contributed by atoms with Crippen molar-refractivity contribution >= 4 is 0 Å². The topological polar surface area (TPSA) is 26.7 Å². The Kier molecular flexibility index (Phi) is 4.40. The van der Waals surface area contributed by atoms with Crippen LogP contribution in [0.2, 0.25) is 0 Å². The Morgan fingerprint density at radius 2 is 2.06 bits per heavy atom. The van der Waals surface area contributed by atoms with Crippen molar-refractivity contribution in [1.82, 2.24) is 9.80 Å². The van der Waals surface area contributed by atoms with Gasteiger partial charge in [-0.3, -0.25) is 0 Å². The van der Waals surface area contributed by atoms with E-state index < -0.39 is 0 Å². The van der Waals surface area contributed by atoms with E-state index in [0.29, 0.717) is 5.75 Å². The molecule has 94 valence electrons. The van der Waals surface area contributed by atoms with Crippen molar-refractivity contribution in [3.05, 3.63) is 29.8 Å². The highest BCUT2D eigenvalue weighted by molar-refractivity contribution is 5.26. The molecule has 1 fully saturated rings. The fourth-order valence-electron chi connectivity index (χ4n) is 2.36. The molecule has 0 aliphatic carbocycles. The zero-order valence-electron chi connectivity index (χ0n) is 10.6. The number of phenolic OH excluding ortho intramolecular Hbond substituents is 1. The number of likely N-dealkylation sites (N-methyl/N-ethyl adjacent to an activating group) is 1. The van der Waals surface area contributed by atoms with E-state index in [1.54, 1.807) is 6.07 Å². The lowest BCUT2D eigenvalue weighted by atomic mass is 10.2. The van der Waals surface area contributed by atoms with Gasteiger partial charge in [0, 0.05) is 19.6 Å². The molecule has 0 amide bonds. The first-order chi connectivity index (χ1) is 8.24. The van der Waals surface area contributed by atoms with Crippen LogP contribution in [0.25, 0.3) is 0 Å². The third-order valence-electron chi connectivity index (χ3n) is 3.36. The number of nitrogens with zero attached hydrogens (tertiary/aromatic N) is 2. The van der Waals surface area contributed by atoms with E-state index in [9.17, 15) is 5.11 Å². The smallest absolute Gasteiger partial charge is 0.115 e. The first kappa shape index (κ1) is 12.4. The van der Waals surface area contributed by atoms with E-state index in [1.165, 1.54) is 31.5 Å². The zero-order valence-corrected chi connectivity index (χ0v) is 10.6. The molecule has 1 aliphatic rings. The largest absolute Gasteiger partial charge is 0.508 e. The van der Waals surface area contributed by atoms with Crippen LogP contribution < -0.4 is 0 Å². The number of benzene rings is 1. The summed E-state index contributed by atoms with van der Waals surface area (Å²) in [6.45, 7) is 5.69. The van der Waals surface area contributed by atoms with Crippen LogP contribution in [0.4, 0.5) is 0 Å². The Hall–Kier alpha value is -1.06. The molecule has 0 radical (unpaired) electrons. The summed E-state index contributed by atoms with van der Waals surface area (Å²) in [5.74, 6) is 0.357. The molecule has 0 bridgehead atoms. The van der Waals surface area contributed by atoms with Gasteiger partial charge in [0.1, 0.15) is 5.75 Å². The molecule has 0 saturated carbocycles. The van der Waals surface area contributed by atoms with Gasteiger partial charge in [0.05, 0.1) is 0 Å². The summed E-state index contributed by atoms with van der Waals surface area (Å²) in [4.78, 5) is 4.84. The second-order valence-electron chi connectivity index (χ2n) is 4.96. The predicted molar refractivity (Wildman–Crippen MR) is 70.1 cm³/mol. The average Bonchev–Trinajstić information content (AvgIpc) is 2.79. The Balaban J connectivity index is 1.74. The molecule has 1 N–H and O–H groups in total. The number of hydrogen-bond acceptors (Lipinski definition) is 3. The van der Waals surface area contributed by atoms with Crippen molar-refractivity contribution in [3.8, 4) is 5.75 Å². The highest BCUT2D eigenvalue weighted by atomic mass is 16.3. The minimum atomic E-state index is 0.357. The normalized spacial score (nSPS) is 16.8. The van der Waals surface area contributed by atoms with Gasteiger partial charge in [0.15, 0.2) is 0 Å². The molecule has 0 unspecified atom stereocenters. The summed E-state index contributed by atoms with van der Waals surface area (Å²) in [5, 5.41) is 9.40. The van der Waals surface area contributed by atoms with Crippen molar-refractivity contribution in [2.75, 3.05) is 33.2 Å². The third kappa shape index (κ3) is 4.02. The third-order valence-corrected chi connectivity index (χ3v) is 3.36. The maximum Gasteiger partial charge on any atom is 0.115 e. The minimum absolute atomic E-state index is 0.357. The van der Waals surface area contributed by atoms with Gasteiger partial charge in [-0.05, 0) is 50.7 Å². The summed E-state index contributed by atoms with van der Waals surface area (Å²) in [5.41, 5.74) is 1.17. The number of hydrogen-bond donors (Lipinski definition) is 1. The summed E-state index contributed by atoms with van der Waals surface area (Å²) in [7, 11) is 2.14. The van der Waals surface area contributed by atoms with Crippen molar-refractivity contribution in [2.45, 2.75) is 19.4 Å². The summed E-state index contributed by atoms with van der Waals surface area (Å²) < 4.78 is 0. The molecular formula is C14H22N2O. The van der Waals surface area contributed by atoms with Crippen molar-refractivity contribution < 1.29 is 5.11 Å². The van der Waals surface area contributed by atoms with Gasteiger partial charge in [0.2, 0.25) is 0 Å². The molecule has 3 heteroatoms. The molecule has 3 nitrogen and oxygen atoms in total. The lowest BCUT2D eigenvalue weighted by Crippen LogP contribution is -2.31. The van der Waals surface area contributed by atoms with Crippen LogP contribution in [0.3, 0.4) is 0 Å². The Morgan fingerprint density at radius 3 is 2.76 bits per heavy atom. The highest BCUT2D eigenvalue weighted by Crippen LogP contribution is 2.12. The van der Waals surface area contributed by atoms with Crippen LogP contribution in [0, 0.1) is 0 Å². The number of likely N-dealkylation sites (tertiary alicyclic amines) is 1. The van der Waals surface area contributed by atoms with Crippen LogP contribution >= 0.6 is 0 Å². The second-order valence-corrected chi connectivity index (χ2v) is 4.96. The van der Waals surface area contributed by atoms with E-state index in [4.69, 9.17) is 0 Å². The Bertz CT molecular complexity index is 348. The predicted octanol–water partition coefficient (Wildman–Crippen LogP) is 1.92. The van der Waals surface area contributed by atoms with Crippen LogP contribution in [0.15, 0.2) is 24.3 Å². The fraction of sp³-hybridized carbons (Fsp3) is 0.571. The lowest BCUT2D eigenvalue weighted by molar-refractivity contribution is 0.252. The number of aromatic hydroxyl groups is 1.